The van der Waals surface area contributed by atoms with E-state index < -0.39 is 8.32 Å². The Hall–Kier alpha value is -1.23. The van der Waals surface area contributed by atoms with Gasteiger partial charge < -0.3 is 9.33 Å². The van der Waals surface area contributed by atoms with Gasteiger partial charge in [-0.1, -0.05) is 56.8 Å². The van der Waals surface area contributed by atoms with E-state index in [2.05, 4.69) is 88.3 Å². The predicted octanol–water partition coefficient (Wildman–Crippen LogP) is 6.44. The first-order chi connectivity index (χ1) is 11.2. The van der Waals surface area contributed by atoms with Gasteiger partial charge in [0.05, 0.1) is 18.0 Å². The maximum absolute atomic E-state index is 6.48. The Balaban J connectivity index is 1.90. The predicted molar refractivity (Wildman–Crippen MR) is 107 cm³/mol. The van der Waals surface area contributed by atoms with Gasteiger partial charge in [-0.3, -0.25) is 0 Å². The summed E-state index contributed by atoms with van der Waals surface area (Å²) in [6.45, 7) is 12.2. The zero-order valence-electron chi connectivity index (χ0n) is 15.5. The molecule has 4 heteroatoms. The third-order valence-corrected chi connectivity index (χ3v) is 11.0. The van der Waals surface area contributed by atoms with Gasteiger partial charge in [-0.2, -0.15) is 0 Å². The summed E-state index contributed by atoms with van der Waals surface area (Å²) in [5, 5.41) is 0.235. The Bertz CT molecular complexity index is 752. The van der Waals surface area contributed by atoms with E-state index in [-0.39, 0.29) is 5.04 Å². The number of anilines is 2. The first-order valence-electron chi connectivity index (χ1n) is 8.47. The van der Waals surface area contributed by atoms with Crippen LogP contribution in [0.25, 0.3) is 0 Å². The Morgan fingerprint density at radius 3 is 2.38 bits per heavy atom. The van der Waals surface area contributed by atoms with Gasteiger partial charge in [-0.25, -0.2) is 0 Å². The number of rotatable bonds is 3. The molecule has 0 amide bonds. The number of fused-ring (bicyclic) bond motifs is 2. The summed E-state index contributed by atoms with van der Waals surface area (Å²) >= 11 is 1.86. The maximum atomic E-state index is 6.48. The van der Waals surface area contributed by atoms with Crippen LogP contribution in [-0.2, 0) is 11.0 Å². The van der Waals surface area contributed by atoms with Crippen LogP contribution in [0.4, 0.5) is 11.4 Å². The number of hydrogen-bond acceptors (Lipinski definition) is 3. The smallest absolute Gasteiger partial charge is 0.192 e. The molecule has 0 aromatic heterocycles. The molecule has 128 valence electrons. The standard InChI is InChI=1S/C20H27NOSSi/c1-20(2,3)24(5,6)22-14-15-10-9-12-17-19(15)23-18-13-8-7-11-16(18)21(17)4/h7-13H,14H2,1-6H3. The van der Waals surface area contributed by atoms with E-state index in [1.165, 1.54) is 26.7 Å². The van der Waals surface area contributed by atoms with E-state index >= 15 is 0 Å². The molecule has 2 aromatic carbocycles. The van der Waals surface area contributed by atoms with Crippen molar-refractivity contribution in [3.8, 4) is 0 Å². The van der Waals surface area contributed by atoms with Gasteiger partial charge in [0.2, 0.25) is 0 Å². The molecule has 0 saturated carbocycles. The molecule has 0 spiro atoms. The highest BCUT2D eigenvalue weighted by Gasteiger charge is 2.37. The van der Waals surface area contributed by atoms with Gasteiger partial charge in [0.25, 0.3) is 0 Å². The van der Waals surface area contributed by atoms with Crippen LogP contribution in [0.5, 0.6) is 0 Å². The third-order valence-electron chi connectivity index (χ3n) is 5.27. The van der Waals surface area contributed by atoms with Crippen LogP contribution in [0.3, 0.4) is 0 Å². The fourth-order valence-corrected chi connectivity index (χ4v) is 4.79. The van der Waals surface area contributed by atoms with Gasteiger partial charge in [0, 0.05) is 16.8 Å². The fraction of sp³-hybridized carbons (Fsp3) is 0.400. The van der Waals surface area contributed by atoms with Crippen LogP contribution in [0.2, 0.25) is 18.1 Å². The van der Waals surface area contributed by atoms with Gasteiger partial charge in [0.1, 0.15) is 0 Å². The lowest BCUT2D eigenvalue weighted by atomic mass is 10.1. The van der Waals surface area contributed by atoms with Crippen molar-refractivity contribution in [1.29, 1.82) is 0 Å². The summed E-state index contributed by atoms with van der Waals surface area (Å²) in [5.41, 5.74) is 3.84. The summed E-state index contributed by atoms with van der Waals surface area (Å²) in [6, 6.07) is 15.2. The molecule has 2 aromatic rings. The van der Waals surface area contributed by atoms with E-state index in [0.29, 0.717) is 6.61 Å². The highest BCUT2D eigenvalue weighted by Crippen LogP contribution is 2.49. The van der Waals surface area contributed by atoms with Crippen LogP contribution in [-0.4, -0.2) is 15.4 Å². The van der Waals surface area contributed by atoms with Crippen molar-refractivity contribution in [3.63, 3.8) is 0 Å². The maximum Gasteiger partial charge on any atom is 0.192 e. The zero-order chi connectivity index (χ0) is 17.5. The van der Waals surface area contributed by atoms with Gasteiger partial charge in [0.15, 0.2) is 8.32 Å². The first-order valence-corrected chi connectivity index (χ1v) is 12.2. The van der Waals surface area contributed by atoms with Gasteiger partial charge in [-0.05, 0) is 41.9 Å². The van der Waals surface area contributed by atoms with Crippen molar-refractivity contribution < 1.29 is 4.43 Å². The normalized spacial score (nSPS) is 14.3. The quantitative estimate of drug-likeness (QED) is 0.586. The largest absolute Gasteiger partial charge is 0.413 e. The molecule has 0 radical (unpaired) electrons. The second-order valence-corrected chi connectivity index (χ2v) is 13.8. The number of benzene rings is 2. The van der Waals surface area contributed by atoms with E-state index in [9.17, 15) is 0 Å². The summed E-state index contributed by atoms with van der Waals surface area (Å²) in [6.07, 6.45) is 0. The fourth-order valence-electron chi connectivity index (χ4n) is 2.60. The second-order valence-electron chi connectivity index (χ2n) is 7.94. The Morgan fingerprint density at radius 1 is 1.00 bits per heavy atom. The Kier molecular flexibility index (Phi) is 4.58. The molecule has 0 bridgehead atoms. The lowest BCUT2D eigenvalue weighted by Crippen LogP contribution is -2.40. The number of nitrogens with zero attached hydrogens (tertiary/aromatic N) is 1. The van der Waals surface area contributed by atoms with E-state index in [4.69, 9.17) is 4.43 Å². The van der Waals surface area contributed by atoms with Gasteiger partial charge >= 0.3 is 0 Å². The molecule has 0 unspecified atom stereocenters. The van der Waals surface area contributed by atoms with Crippen LogP contribution < -0.4 is 4.90 Å². The molecule has 2 nitrogen and oxygen atoms in total. The van der Waals surface area contributed by atoms with Crippen LogP contribution in [0, 0.1) is 0 Å². The van der Waals surface area contributed by atoms with Crippen LogP contribution >= 0.6 is 11.8 Å². The molecule has 0 N–H and O–H groups in total. The molecular weight excluding hydrogens is 330 g/mol. The average molecular weight is 358 g/mol. The minimum Gasteiger partial charge on any atom is -0.413 e. The monoisotopic (exact) mass is 357 g/mol. The zero-order valence-corrected chi connectivity index (χ0v) is 17.3. The third kappa shape index (κ3) is 3.15. The lowest BCUT2D eigenvalue weighted by Gasteiger charge is -2.37. The molecule has 0 aliphatic carbocycles. The molecular formula is C20H27NOSSi. The average Bonchev–Trinajstić information content (AvgIpc) is 2.52. The summed E-state index contributed by atoms with van der Waals surface area (Å²) in [4.78, 5) is 4.93. The molecule has 0 fully saturated rings. The molecule has 1 aliphatic rings. The Labute approximate surface area is 151 Å². The van der Waals surface area contributed by atoms with Crippen LogP contribution in [0.15, 0.2) is 52.3 Å². The minimum atomic E-state index is -1.74. The van der Waals surface area contributed by atoms with Crippen molar-refractivity contribution in [2.75, 3.05) is 11.9 Å². The molecule has 1 heterocycles. The van der Waals surface area contributed by atoms with Crippen molar-refractivity contribution in [1.82, 2.24) is 0 Å². The molecule has 3 rings (SSSR count). The topological polar surface area (TPSA) is 12.5 Å². The highest BCUT2D eigenvalue weighted by atomic mass is 32.2. The highest BCUT2D eigenvalue weighted by molar-refractivity contribution is 7.99. The van der Waals surface area contributed by atoms with E-state index in [1.807, 2.05) is 11.8 Å². The summed E-state index contributed by atoms with van der Waals surface area (Å²) < 4.78 is 6.48. The molecule has 0 saturated heterocycles. The Morgan fingerprint density at radius 2 is 1.67 bits per heavy atom. The molecule has 24 heavy (non-hydrogen) atoms. The van der Waals surface area contributed by atoms with Crippen LogP contribution in [0.1, 0.15) is 26.3 Å². The van der Waals surface area contributed by atoms with Crippen molar-refractivity contribution in [2.24, 2.45) is 0 Å². The van der Waals surface area contributed by atoms with E-state index in [1.54, 1.807) is 0 Å². The number of para-hydroxylation sites is 1. The second kappa shape index (κ2) is 6.25. The summed E-state index contributed by atoms with van der Waals surface area (Å²) in [5.74, 6) is 0. The number of hydrogen-bond donors (Lipinski definition) is 0. The summed E-state index contributed by atoms with van der Waals surface area (Å²) in [7, 11) is 0.404. The SMILES string of the molecule is CN1c2ccccc2Sc2c(CO[Si](C)(C)C(C)(C)C)cccc21. The minimum absolute atomic E-state index is 0.235. The first kappa shape index (κ1) is 17.6. The van der Waals surface area contributed by atoms with Crippen molar-refractivity contribution >= 4 is 31.5 Å². The van der Waals surface area contributed by atoms with Gasteiger partial charge in [-0.15, -0.1) is 0 Å². The molecule has 1 aliphatic heterocycles. The van der Waals surface area contributed by atoms with Crippen molar-refractivity contribution in [3.05, 3.63) is 48.0 Å². The molecule has 0 atom stereocenters. The van der Waals surface area contributed by atoms with Crippen molar-refractivity contribution in [2.45, 2.75) is 55.3 Å². The van der Waals surface area contributed by atoms with E-state index in [0.717, 1.165) is 0 Å². The lowest BCUT2D eigenvalue weighted by molar-refractivity contribution is 0.274.